The first-order valence-electron chi connectivity index (χ1n) is 6.32. The highest BCUT2D eigenvalue weighted by Crippen LogP contribution is 2.27. The van der Waals surface area contributed by atoms with Crippen LogP contribution in [0.3, 0.4) is 0 Å². The highest BCUT2D eigenvalue weighted by molar-refractivity contribution is 5.36. The molecule has 96 valence electrons. The first-order valence-corrected chi connectivity index (χ1v) is 6.32. The molecule has 2 heteroatoms. The minimum absolute atomic E-state index is 0.336. The zero-order valence-corrected chi connectivity index (χ0v) is 11.5. The summed E-state index contributed by atoms with van der Waals surface area (Å²) >= 11 is 0. The van der Waals surface area contributed by atoms with Crippen molar-refractivity contribution in [3.05, 3.63) is 29.3 Å². The summed E-state index contributed by atoms with van der Waals surface area (Å²) < 4.78 is 5.27. The molecule has 0 unspecified atom stereocenters. The van der Waals surface area contributed by atoms with Gasteiger partial charge in [0.15, 0.2) is 0 Å². The van der Waals surface area contributed by atoms with Gasteiger partial charge in [0.05, 0.1) is 7.11 Å². The Morgan fingerprint density at radius 1 is 1.24 bits per heavy atom. The van der Waals surface area contributed by atoms with Gasteiger partial charge in [0.25, 0.3) is 0 Å². The molecule has 0 atom stereocenters. The van der Waals surface area contributed by atoms with E-state index in [1.807, 2.05) is 0 Å². The number of benzene rings is 1. The second-order valence-corrected chi connectivity index (χ2v) is 5.51. The van der Waals surface area contributed by atoms with Crippen LogP contribution in [0.4, 0.5) is 0 Å². The molecule has 17 heavy (non-hydrogen) atoms. The third kappa shape index (κ3) is 4.39. The molecule has 0 fully saturated rings. The molecule has 0 saturated heterocycles. The molecule has 0 bridgehead atoms. The number of methoxy groups -OCH3 is 1. The zero-order chi connectivity index (χ0) is 12.9. The van der Waals surface area contributed by atoms with E-state index in [0.717, 1.165) is 25.1 Å². The minimum atomic E-state index is 0.336. The molecule has 0 aliphatic heterocycles. The van der Waals surface area contributed by atoms with E-state index in [0.29, 0.717) is 5.41 Å². The van der Waals surface area contributed by atoms with Gasteiger partial charge in [-0.2, -0.15) is 0 Å². The molecule has 0 spiro atoms. The maximum Gasteiger partial charge on any atom is 0.121 e. The van der Waals surface area contributed by atoms with Gasteiger partial charge in [0.2, 0.25) is 0 Å². The van der Waals surface area contributed by atoms with Crippen LogP contribution in [0.25, 0.3) is 0 Å². The Bertz CT molecular complexity index is 358. The molecule has 1 aromatic carbocycles. The molecule has 2 N–H and O–H groups in total. The summed E-state index contributed by atoms with van der Waals surface area (Å²) in [4.78, 5) is 0. The molecule has 1 aromatic rings. The summed E-state index contributed by atoms with van der Waals surface area (Å²) in [5.74, 6) is 0.968. The third-order valence-electron chi connectivity index (χ3n) is 3.37. The zero-order valence-electron chi connectivity index (χ0n) is 11.5. The van der Waals surface area contributed by atoms with E-state index in [9.17, 15) is 0 Å². The summed E-state index contributed by atoms with van der Waals surface area (Å²) in [6, 6.07) is 6.43. The minimum Gasteiger partial charge on any atom is -0.496 e. The molecular formula is C15H25NO. The lowest BCUT2D eigenvalue weighted by atomic mass is 9.83. The van der Waals surface area contributed by atoms with Crippen LogP contribution in [0, 0.1) is 12.3 Å². The van der Waals surface area contributed by atoms with E-state index in [1.54, 1.807) is 7.11 Å². The highest BCUT2D eigenvalue weighted by Gasteiger charge is 2.16. The molecular weight excluding hydrogens is 210 g/mol. The maximum absolute atomic E-state index is 5.63. The maximum atomic E-state index is 5.63. The third-order valence-corrected chi connectivity index (χ3v) is 3.37. The van der Waals surface area contributed by atoms with Crippen molar-refractivity contribution >= 4 is 0 Å². The van der Waals surface area contributed by atoms with Crippen LogP contribution < -0.4 is 10.5 Å². The van der Waals surface area contributed by atoms with Gasteiger partial charge in [-0.25, -0.2) is 0 Å². The lowest BCUT2D eigenvalue weighted by Gasteiger charge is -2.23. The fourth-order valence-corrected chi connectivity index (χ4v) is 2.09. The van der Waals surface area contributed by atoms with Gasteiger partial charge in [-0.05, 0) is 55.3 Å². The Morgan fingerprint density at radius 3 is 2.47 bits per heavy atom. The van der Waals surface area contributed by atoms with Gasteiger partial charge in [-0.15, -0.1) is 0 Å². The molecule has 0 aromatic heterocycles. The second kappa shape index (κ2) is 6.06. The van der Waals surface area contributed by atoms with Gasteiger partial charge in [-0.3, -0.25) is 0 Å². The number of hydrogen-bond donors (Lipinski definition) is 1. The molecule has 1 rings (SSSR count). The largest absolute Gasteiger partial charge is 0.496 e. The number of nitrogens with two attached hydrogens (primary N) is 1. The Labute approximate surface area is 105 Å². The first kappa shape index (κ1) is 14.0. The number of aryl methyl sites for hydroxylation is 2. The molecule has 0 radical (unpaired) electrons. The summed E-state index contributed by atoms with van der Waals surface area (Å²) in [5.41, 5.74) is 8.56. The summed E-state index contributed by atoms with van der Waals surface area (Å²) in [7, 11) is 1.71. The average Bonchev–Trinajstić information content (AvgIpc) is 2.27. The number of hydrogen-bond acceptors (Lipinski definition) is 2. The van der Waals surface area contributed by atoms with Crippen LogP contribution in [0.1, 0.15) is 37.8 Å². The molecule has 2 nitrogen and oxygen atoms in total. The second-order valence-electron chi connectivity index (χ2n) is 5.51. The lowest BCUT2D eigenvalue weighted by Crippen LogP contribution is -2.17. The predicted molar refractivity (Wildman–Crippen MR) is 73.5 cm³/mol. The fourth-order valence-electron chi connectivity index (χ4n) is 2.09. The monoisotopic (exact) mass is 235 g/mol. The van der Waals surface area contributed by atoms with Crippen LogP contribution >= 0.6 is 0 Å². The fraction of sp³-hybridized carbons (Fsp3) is 0.600. The van der Waals surface area contributed by atoms with Crippen LogP contribution in [0.15, 0.2) is 18.2 Å². The predicted octanol–water partition coefficient (Wildman–Crippen LogP) is 3.31. The summed E-state index contributed by atoms with van der Waals surface area (Å²) in [6.45, 7) is 7.44. The smallest absolute Gasteiger partial charge is 0.121 e. The topological polar surface area (TPSA) is 35.2 Å². The number of ether oxygens (including phenoxy) is 1. The number of rotatable bonds is 6. The molecule has 0 aliphatic rings. The summed E-state index contributed by atoms with van der Waals surface area (Å²) in [6.07, 6.45) is 3.37. The van der Waals surface area contributed by atoms with Crippen LogP contribution in [-0.4, -0.2) is 13.7 Å². The Balaban J connectivity index is 2.61. The van der Waals surface area contributed by atoms with E-state index in [-0.39, 0.29) is 0 Å². The van der Waals surface area contributed by atoms with E-state index in [4.69, 9.17) is 10.5 Å². The van der Waals surface area contributed by atoms with Crippen LogP contribution in [-0.2, 0) is 6.42 Å². The summed E-state index contributed by atoms with van der Waals surface area (Å²) in [5, 5.41) is 0. The molecule has 0 saturated carbocycles. The quantitative estimate of drug-likeness (QED) is 0.821. The normalized spacial score (nSPS) is 11.6. The van der Waals surface area contributed by atoms with Crippen molar-refractivity contribution in [2.45, 2.75) is 40.0 Å². The van der Waals surface area contributed by atoms with E-state index in [1.165, 1.54) is 17.5 Å². The van der Waals surface area contributed by atoms with Crippen molar-refractivity contribution in [2.24, 2.45) is 11.1 Å². The van der Waals surface area contributed by atoms with Gasteiger partial charge >= 0.3 is 0 Å². The van der Waals surface area contributed by atoms with Crippen molar-refractivity contribution in [3.8, 4) is 5.75 Å². The Kier molecular flexibility index (Phi) is 5.01. The van der Waals surface area contributed by atoms with Crippen molar-refractivity contribution in [1.29, 1.82) is 0 Å². The highest BCUT2D eigenvalue weighted by atomic mass is 16.5. The van der Waals surface area contributed by atoms with Crippen molar-refractivity contribution in [1.82, 2.24) is 0 Å². The molecule has 0 aliphatic carbocycles. The van der Waals surface area contributed by atoms with E-state index < -0.39 is 0 Å². The lowest BCUT2D eigenvalue weighted by molar-refractivity contribution is 0.313. The van der Waals surface area contributed by atoms with Crippen LogP contribution in [0.5, 0.6) is 5.75 Å². The van der Waals surface area contributed by atoms with Crippen molar-refractivity contribution < 1.29 is 4.74 Å². The Hall–Kier alpha value is -1.02. The Morgan fingerprint density at radius 2 is 1.94 bits per heavy atom. The van der Waals surface area contributed by atoms with Crippen molar-refractivity contribution in [2.75, 3.05) is 13.7 Å². The van der Waals surface area contributed by atoms with Gasteiger partial charge in [0, 0.05) is 0 Å². The molecule has 0 heterocycles. The standard InChI is InChI=1S/C15H25NO/c1-12-11-13(5-6-14(12)17-4)7-8-15(2,3)9-10-16/h5-6,11H,7-10,16H2,1-4H3. The van der Waals surface area contributed by atoms with Gasteiger partial charge in [-0.1, -0.05) is 26.0 Å². The first-order chi connectivity index (χ1) is 7.98. The van der Waals surface area contributed by atoms with Gasteiger partial charge in [0.1, 0.15) is 5.75 Å². The molecule has 0 amide bonds. The van der Waals surface area contributed by atoms with E-state index >= 15 is 0 Å². The van der Waals surface area contributed by atoms with Crippen LogP contribution in [0.2, 0.25) is 0 Å². The van der Waals surface area contributed by atoms with Gasteiger partial charge < -0.3 is 10.5 Å². The van der Waals surface area contributed by atoms with E-state index in [2.05, 4.69) is 39.0 Å². The SMILES string of the molecule is COc1ccc(CCC(C)(C)CCN)cc1C. The average molecular weight is 235 g/mol. The van der Waals surface area contributed by atoms with Crippen molar-refractivity contribution in [3.63, 3.8) is 0 Å².